The Kier molecular flexibility index (Phi) is 5.28. The van der Waals surface area contributed by atoms with Crippen LogP contribution in [0.4, 0.5) is 10.5 Å². The van der Waals surface area contributed by atoms with E-state index in [4.69, 9.17) is 16.7 Å². The van der Waals surface area contributed by atoms with Crippen molar-refractivity contribution in [2.45, 2.75) is 38.5 Å². The molecule has 9 nitrogen and oxygen atoms in total. The predicted octanol–water partition coefficient (Wildman–Crippen LogP) is 2.10. The van der Waals surface area contributed by atoms with Gasteiger partial charge in [0.05, 0.1) is 24.9 Å². The summed E-state index contributed by atoms with van der Waals surface area (Å²) in [7, 11) is 0. The highest BCUT2D eigenvalue weighted by molar-refractivity contribution is 6.29. The van der Waals surface area contributed by atoms with Crippen molar-refractivity contribution in [2.24, 2.45) is 0 Å². The van der Waals surface area contributed by atoms with Gasteiger partial charge in [0.1, 0.15) is 10.8 Å². The maximum absolute atomic E-state index is 11.0. The van der Waals surface area contributed by atoms with Crippen molar-refractivity contribution in [2.75, 3.05) is 18.4 Å². The number of likely N-dealkylation sites (tertiary alicyclic amines) is 1. The summed E-state index contributed by atoms with van der Waals surface area (Å²) in [5.74, 6) is 0. The molecule has 0 saturated carbocycles. The maximum atomic E-state index is 11.0. The number of amides is 1. The maximum Gasteiger partial charge on any atom is 0.407 e. The first-order chi connectivity index (χ1) is 12.3. The number of aliphatic hydroxyl groups is 1. The number of rotatable bonds is 4. The van der Waals surface area contributed by atoms with E-state index in [0.717, 1.165) is 11.3 Å². The van der Waals surface area contributed by atoms with Crippen molar-refractivity contribution < 1.29 is 15.0 Å². The SMILES string of the molecule is CC(C)Nc1cc(Cl)ncc1-c1cn([C@H]2CCN(C(=O)O)C[C@H]2O)nn1. The number of carbonyl (C=O) groups is 1. The number of piperidine rings is 1. The summed E-state index contributed by atoms with van der Waals surface area (Å²) in [6.07, 6.45) is 1.96. The molecule has 1 fully saturated rings. The van der Waals surface area contributed by atoms with E-state index in [1.165, 1.54) is 4.90 Å². The predicted molar refractivity (Wildman–Crippen MR) is 96.3 cm³/mol. The molecule has 0 spiro atoms. The highest BCUT2D eigenvalue weighted by Crippen LogP contribution is 2.30. The molecule has 2 aromatic heterocycles. The molecular formula is C16H21ClN6O3. The standard InChI is InChI=1S/C16H21ClN6O3/c1-9(2)19-11-5-15(17)18-6-10(11)12-7-23(21-20-12)13-3-4-22(16(25)26)8-14(13)24/h5-7,9,13-14,24H,3-4,8H2,1-2H3,(H,18,19)(H,25,26)/t13-,14+/m0/s1. The largest absolute Gasteiger partial charge is 0.465 e. The first-order valence-electron chi connectivity index (χ1n) is 8.35. The molecule has 2 atom stereocenters. The van der Waals surface area contributed by atoms with Crippen molar-refractivity contribution in [3.05, 3.63) is 23.6 Å². The fraction of sp³-hybridized carbons (Fsp3) is 0.500. The Morgan fingerprint density at radius 2 is 2.23 bits per heavy atom. The van der Waals surface area contributed by atoms with Gasteiger partial charge in [0.25, 0.3) is 0 Å². The second kappa shape index (κ2) is 7.46. The molecule has 3 N–H and O–H groups in total. The van der Waals surface area contributed by atoms with E-state index < -0.39 is 12.2 Å². The van der Waals surface area contributed by atoms with E-state index in [0.29, 0.717) is 23.8 Å². The molecular weight excluding hydrogens is 360 g/mol. The van der Waals surface area contributed by atoms with Crippen LogP contribution in [-0.2, 0) is 0 Å². The van der Waals surface area contributed by atoms with Crippen LogP contribution in [0.3, 0.4) is 0 Å². The minimum Gasteiger partial charge on any atom is -0.465 e. The number of hydrogen-bond acceptors (Lipinski definition) is 6. The molecule has 140 valence electrons. The fourth-order valence-corrected chi connectivity index (χ4v) is 3.19. The molecule has 0 aromatic carbocycles. The average Bonchev–Trinajstić information content (AvgIpc) is 3.03. The van der Waals surface area contributed by atoms with Gasteiger partial charge in [-0.05, 0) is 26.3 Å². The van der Waals surface area contributed by atoms with Crippen LogP contribution in [0.25, 0.3) is 11.3 Å². The molecule has 1 amide bonds. The fourth-order valence-electron chi connectivity index (χ4n) is 3.03. The summed E-state index contributed by atoms with van der Waals surface area (Å²) in [6.45, 7) is 4.43. The van der Waals surface area contributed by atoms with Crippen LogP contribution in [0.2, 0.25) is 5.15 Å². The van der Waals surface area contributed by atoms with E-state index in [2.05, 4.69) is 20.6 Å². The van der Waals surface area contributed by atoms with E-state index >= 15 is 0 Å². The number of hydrogen-bond donors (Lipinski definition) is 3. The summed E-state index contributed by atoms with van der Waals surface area (Å²) < 4.78 is 1.59. The first kappa shape index (κ1) is 18.4. The Hall–Kier alpha value is -2.39. The lowest BCUT2D eigenvalue weighted by molar-refractivity contribution is 0.0249. The zero-order chi connectivity index (χ0) is 18.8. The minimum absolute atomic E-state index is 0.0534. The van der Waals surface area contributed by atoms with Gasteiger partial charge in [-0.2, -0.15) is 0 Å². The van der Waals surface area contributed by atoms with Gasteiger partial charge < -0.3 is 20.4 Å². The summed E-state index contributed by atoms with van der Waals surface area (Å²) in [5, 5.41) is 31.4. The lowest BCUT2D eigenvalue weighted by atomic mass is 10.0. The molecule has 1 saturated heterocycles. The van der Waals surface area contributed by atoms with Crippen LogP contribution in [0.5, 0.6) is 0 Å². The quantitative estimate of drug-likeness (QED) is 0.695. The number of anilines is 1. The van der Waals surface area contributed by atoms with Gasteiger partial charge in [0, 0.05) is 30.0 Å². The second-order valence-electron chi connectivity index (χ2n) is 6.59. The van der Waals surface area contributed by atoms with Crippen molar-refractivity contribution >= 4 is 23.4 Å². The number of β-amino-alcohol motifs (C(OH)–C–C–N with tert-alkyl or cyclic N) is 1. The topological polar surface area (TPSA) is 116 Å². The Balaban J connectivity index is 1.84. The van der Waals surface area contributed by atoms with E-state index in [1.807, 2.05) is 13.8 Å². The van der Waals surface area contributed by atoms with Gasteiger partial charge >= 0.3 is 6.09 Å². The monoisotopic (exact) mass is 380 g/mol. The average molecular weight is 381 g/mol. The van der Waals surface area contributed by atoms with Crippen LogP contribution >= 0.6 is 11.6 Å². The molecule has 0 radical (unpaired) electrons. The molecule has 2 aromatic rings. The van der Waals surface area contributed by atoms with Gasteiger partial charge in [-0.3, -0.25) is 0 Å². The van der Waals surface area contributed by atoms with E-state index in [1.54, 1.807) is 23.1 Å². The van der Waals surface area contributed by atoms with Gasteiger partial charge in [0.2, 0.25) is 0 Å². The summed E-state index contributed by atoms with van der Waals surface area (Å²) in [5.41, 5.74) is 2.16. The third-order valence-electron chi connectivity index (χ3n) is 4.26. The number of nitrogens with one attached hydrogen (secondary N) is 1. The van der Waals surface area contributed by atoms with E-state index in [9.17, 15) is 9.90 Å². The van der Waals surface area contributed by atoms with Crippen molar-refractivity contribution in [1.82, 2.24) is 24.9 Å². The molecule has 1 aliphatic rings. The molecule has 0 aliphatic carbocycles. The first-order valence-corrected chi connectivity index (χ1v) is 8.73. The highest BCUT2D eigenvalue weighted by atomic mass is 35.5. The summed E-state index contributed by atoms with van der Waals surface area (Å²) in [4.78, 5) is 16.4. The molecule has 1 aliphatic heterocycles. The van der Waals surface area contributed by atoms with E-state index in [-0.39, 0.29) is 18.6 Å². The van der Waals surface area contributed by atoms with Crippen LogP contribution in [0.1, 0.15) is 26.3 Å². The zero-order valence-electron chi connectivity index (χ0n) is 14.5. The molecule has 10 heteroatoms. The van der Waals surface area contributed by atoms with Crippen LogP contribution in [0, 0.1) is 0 Å². The lowest BCUT2D eigenvalue weighted by Gasteiger charge is -2.33. The number of pyridine rings is 1. The number of halogens is 1. The normalized spacial score (nSPS) is 20.4. The summed E-state index contributed by atoms with van der Waals surface area (Å²) in [6, 6.07) is 1.61. The number of aliphatic hydroxyl groups excluding tert-OH is 1. The number of carboxylic acid groups (broad SMARTS) is 1. The van der Waals surface area contributed by atoms with Gasteiger partial charge in [-0.25, -0.2) is 14.5 Å². The van der Waals surface area contributed by atoms with Crippen molar-refractivity contribution in [1.29, 1.82) is 0 Å². The zero-order valence-corrected chi connectivity index (χ0v) is 15.3. The van der Waals surface area contributed by atoms with Crippen LogP contribution in [-0.4, -0.2) is 66.4 Å². The molecule has 3 rings (SSSR count). The summed E-state index contributed by atoms with van der Waals surface area (Å²) >= 11 is 6.00. The Labute approximate surface area is 155 Å². The molecule has 26 heavy (non-hydrogen) atoms. The Bertz CT molecular complexity index is 796. The third-order valence-corrected chi connectivity index (χ3v) is 4.46. The second-order valence-corrected chi connectivity index (χ2v) is 6.97. The van der Waals surface area contributed by atoms with Gasteiger partial charge in [-0.15, -0.1) is 5.10 Å². The van der Waals surface area contributed by atoms with Gasteiger partial charge in [0.15, 0.2) is 0 Å². The Morgan fingerprint density at radius 1 is 1.46 bits per heavy atom. The smallest absolute Gasteiger partial charge is 0.407 e. The van der Waals surface area contributed by atoms with Crippen molar-refractivity contribution in [3.63, 3.8) is 0 Å². The lowest BCUT2D eigenvalue weighted by Crippen LogP contribution is -2.46. The highest BCUT2D eigenvalue weighted by Gasteiger charge is 2.32. The third kappa shape index (κ3) is 3.88. The molecule has 3 heterocycles. The molecule has 0 bridgehead atoms. The van der Waals surface area contributed by atoms with Gasteiger partial charge in [-0.1, -0.05) is 16.8 Å². The van der Waals surface area contributed by atoms with Crippen LogP contribution in [0.15, 0.2) is 18.5 Å². The number of aromatic nitrogens is 4. The molecule has 0 unspecified atom stereocenters. The van der Waals surface area contributed by atoms with Crippen molar-refractivity contribution in [3.8, 4) is 11.3 Å². The minimum atomic E-state index is -1.03. The van der Waals surface area contributed by atoms with Crippen LogP contribution < -0.4 is 5.32 Å². The Morgan fingerprint density at radius 3 is 2.88 bits per heavy atom. The number of nitrogens with zero attached hydrogens (tertiary/aromatic N) is 5.